The summed E-state index contributed by atoms with van der Waals surface area (Å²) >= 11 is 0. The smallest absolute Gasteiger partial charge is 0.265 e. The highest BCUT2D eigenvalue weighted by atomic mass is 32.2. The van der Waals surface area contributed by atoms with E-state index < -0.39 is 22.1 Å². The fourth-order valence-electron chi connectivity index (χ4n) is 0.270. The number of nitrogens with two attached hydrogens (primary N) is 1. The van der Waals surface area contributed by atoms with Gasteiger partial charge in [0.05, 0.1) is 5.75 Å². The molecule has 0 saturated heterocycles. The Morgan fingerprint density at radius 1 is 1.56 bits per heavy atom. The zero-order valence-corrected chi connectivity index (χ0v) is 5.50. The summed E-state index contributed by atoms with van der Waals surface area (Å²) in [6.07, 6.45) is -1.31. The van der Waals surface area contributed by atoms with Crippen molar-refractivity contribution in [3.63, 3.8) is 0 Å². The molecule has 0 aliphatic heterocycles. The van der Waals surface area contributed by atoms with Crippen molar-refractivity contribution in [2.75, 3.05) is 5.75 Å². The summed E-state index contributed by atoms with van der Waals surface area (Å²) in [5.41, 5.74) is 4.78. The summed E-state index contributed by atoms with van der Waals surface area (Å²) in [6.45, 7) is 0. The molecule has 9 heavy (non-hydrogen) atoms. The molecule has 0 radical (unpaired) electrons. The lowest BCUT2D eigenvalue weighted by Crippen LogP contribution is -2.22. The zero-order chi connectivity index (χ0) is 7.49. The summed E-state index contributed by atoms with van der Waals surface area (Å²) in [7, 11) is -3.96. The molecule has 0 rings (SSSR count). The van der Waals surface area contributed by atoms with Crippen LogP contribution in [-0.2, 0) is 10.1 Å². The molecule has 0 aromatic heterocycles. The summed E-state index contributed by atoms with van der Waals surface area (Å²) in [5.74, 6) is -0.495. The van der Waals surface area contributed by atoms with Gasteiger partial charge in [-0.25, -0.2) is 0 Å². The molecular formula is C3H9NO4S. The van der Waals surface area contributed by atoms with Gasteiger partial charge in [-0.3, -0.25) is 4.55 Å². The van der Waals surface area contributed by atoms with Crippen molar-refractivity contribution < 1.29 is 18.1 Å². The Labute approximate surface area is 53.2 Å². The minimum absolute atomic E-state index is 0.140. The third-order valence-corrected chi connectivity index (χ3v) is 1.42. The third kappa shape index (κ3) is 7.83. The minimum Gasteiger partial charge on any atom is -0.379 e. The molecule has 5 nitrogen and oxygen atoms in total. The highest BCUT2D eigenvalue weighted by Crippen LogP contribution is 1.88. The fraction of sp³-hybridized carbons (Fsp3) is 1.00. The van der Waals surface area contributed by atoms with Gasteiger partial charge in [0.15, 0.2) is 0 Å². The van der Waals surface area contributed by atoms with E-state index in [0.717, 1.165) is 0 Å². The molecule has 0 heterocycles. The summed E-state index contributed by atoms with van der Waals surface area (Å²) in [4.78, 5) is 0. The molecule has 1 atom stereocenters. The van der Waals surface area contributed by atoms with E-state index in [4.69, 9.17) is 15.4 Å². The summed E-state index contributed by atoms with van der Waals surface area (Å²) < 4.78 is 27.9. The molecule has 0 aliphatic rings. The fourth-order valence-corrected chi connectivity index (χ4v) is 0.809. The molecule has 0 fully saturated rings. The van der Waals surface area contributed by atoms with Crippen molar-refractivity contribution in [1.82, 2.24) is 0 Å². The highest BCUT2D eigenvalue weighted by Gasteiger charge is 2.05. The van der Waals surface area contributed by atoms with Crippen LogP contribution in [0.4, 0.5) is 0 Å². The van der Waals surface area contributed by atoms with E-state index in [9.17, 15) is 8.42 Å². The van der Waals surface area contributed by atoms with Gasteiger partial charge < -0.3 is 10.8 Å². The maximum atomic E-state index is 9.92. The van der Waals surface area contributed by atoms with Crippen LogP contribution in [0.25, 0.3) is 0 Å². The lowest BCUT2D eigenvalue weighted by Gasteiger charge is -1.99. The lowest BCUT2D eigenvalue weighted by molar-refractivity contribution is 0.178. The van der Waals surface area contributed by atoms with Gasteiger partial charge in [-0.1, -0.05) is 0 Å². The van der Waals surface area contributed by atoms with Crippen LogP contribution in [0.1, 0.15) is 6.42 Å². The van der Waals surface area contributed by atoms with Crippen molar-refractivity contribution >= 4 is 10.1 Å². The minimum atomic E-state index is -3.96. The Hall–Kier alpha value is -0.170. The molecule has 0 saturated carbocycles. The van der Waals surface area contributed by atoms with Crippen LogP contribution in [0.3, 0.4) is 0 Å². The molecule has 0 aromatic carbocycles. The van der Waals surface area contributed by atoms with Crippen LogP contribution in [0.2, 0.25) is 0 Å². The van der Waals surface area contributed by atoms with E-state index in [1.165, 1.54) is 0 Å². The molecule has 0 aliphatic carbocycles. The SMILES string of the molecule is NC(O)CCS(=O)(=O)O. The quantitative estimate of drug-likeness (QED) is 0.341. The zero-order valence-electron chi connectivity index (χ0n) is 4.69. The average Bonchev–Trinajstić information content (AvgIpc) is 1.59. The molecule has 0 amide bonds. The van der Waals surface area contributed by atoms with Crippen LogP contribution in [-0.4, -0.2) is 30.1 Å². The van der Waals surface area contributed by atoms with Crippen LogP contribution >= 0.6 is 0 Å². The van der Waals surface area contributed by atoms with Crippen molar-refractivity contribution in [1.29, 1.82) is 0 Å². The van der Waals surface area contributed by atoms with Crippen molar-refractivity contribution in [2.45, 2.75) is 12.6 Å². The molecule has 4 N–H and O–H groups in total. The predicted molar refractivity (Wildman–Crippen MR) is 31.2 cm³/mol. The van der Waals surface area contributed by atoms with Gasteiger partial charge in [0.25, 0.3) is 10.1 Å². The van der Waals surface area contributed by atoms with E-state index in [0.29, 0.717) is 0 Å². The Morgan fingerprint density at radius 2 is 2.00 bits per heavy atom. The number of aliphatic hydroxyl groups is 1. The number of rotatable bonds is 3. The van der Waals surface area contributed by atoms with E-state index >= 15 is 0 Å². The first kappa shape index (κ1) is 8.83. The van der Waals surface area contributed by atoms with Gasteiger partial charge in [0, 0.05) is 6.42 Å². The molecule has 6 heteroatoms. The van der Waals surface area contributed by atoms with Gasteiger partial charge in [0.1, 0.15) is 6.23 Å². The number of aliphatic hydroxyl groups excluding tert-OH is 1. The maximum absolute atomic E-state index is 9.92. The third-order valence-electron chi connectivity index (χ3n) is 0.672. The van der Waals surface area contributed by atoms with Crippen LogP contribution in [0, 0.1) is 0 Å². The molecule has 56 valence electrons. The molecule has 0 bridgehead atoms. The summed E-state index contributed by atoms with van der Waals surface area (Å²) in [5, 5.41) is 8.32. The van der Waals surface area contributed by atoms with E-state index in [1.54, 1.807) is 0 Å². The van der Waals surface area contributed by atoms with Gasteiger partial charge in [-0.05, 0) is 0 Å². The first-order valence-electron chi connectivity index (χ1n) is 2.30. The number of hydrogen-bond donors (Lipinski definition) is 3. The molecule has 0 spiro atoms. The molecule has 0 aromatic rings. The Morgan fingerprint density at radius 3 is 2.11 bits per heavy atom. The normalized spacial score (nSPS) is 15.4. The first-order chi connectivity index (χ1) is 3.92. The average molecular weight is 155 g/mol. The van der Waals surface area contributed by atoms with Gasteiger partial charge in [-0.2, -0.15) is 8.42 Å². The monoisotopic (exact) mass is 155 g/mol. The first-order valence-corrected chi connectivity index (χ1v) is 3.91. The van der Waals surface area contributed by atoms with Gasteiger partial charge in [0.2, 0.25) is 0 Å². The standard InChI is InChI=1S/C3H9NO4S/c4-3(5)1-2-9(6,7)8/h3,5H,1-2,4H2,(H,6,7,8). The van der Waals surface area contributed by atoms with Gasteiger partial charge in [-0.15, -0.1) is 0 Å². The van der Waals surface area contributed by atoms with Crippen molar-refractivity contribution in [2.24, 2.45) is 5.73 Å². The predicted octanol–water partition coefficient (Wildman–Crippen LogP) is -1.46. The van der Waals surface area contributed by atoms with Crippen molar-refractivity contribution in [3.8, 4) is 0 Å². The van der Waals surface area contributed by atoms with E-state index in [1.807, 2.05) is 0 Å². The Balaban J connectivity index is 3.53. The van der Waals surface area contributed by atoms with Gasteiger partial charge >= 0.3 is 0 Å². The lowest BCUT2D eigenvalue weighted by atomic mass is 10.4. The van der Waals surface area contributed by atoms with Crippen molar-refractivity contribution in [3.05, 3.63) is 0 Å². The number of hydrogen-bond acceptors (Lipinski definition) is 4. The Bertz CT molecular complexity index is 161. The van der Waals surface area contributed by atoms with Crippen LogP contribution in [0.5, 0.6) is 0 Å². The summed E-state index contributed by atoms with van der Waals surface area (Å²) in [6, 6.07) is 0. The second kappa shape index (κ2) is 3.11. The van der Waals surface area contributed by atoms with E-state index in [2.05, 4.69) is 0 Å². The molecule has 1 unspecified atom stereocenters. The highest BCUT2D eigenvalue weighted by molar-refractivity contribution is 7.85. The van der Waals surface area contributed by atoms with E-state index in [-0.39, 0.29) is 6.42 Å². The molecular weight excluding hydrogens is 146 g/mol. The van der Waals surface area contributed by atoms with Crippen LogP contribution < -0.4 is 5.73 Å². The van der Waals surface area contributed by atoms with Crippen LogP contribution in [0.15, 0.2) is 0 Å². The second-order valence-corrected chi connectivity index (χ2v) is 3.21. The largest absolute Gasteiger partial charge is 0.379 e. The second-order valence-electron chi connectivity index (χ2n) is 1.64. The topological polar surface area (TPSA) is 101 Å². The Kier molecular flexibility index (Phi) is 3.06. The maximum Gasteiger partial charge on any atom is 0.265 e.